The molecule has 1 heterocycles. The molecule has 0 aliphatic heterocycles. The van der Waals surface area contributed by atoms with Crippen molar-refractivity contribution in [3.8, 4) is 11.5 Å². The van der Waals surface area contributed by atoms with Gasteiger partial charge in [-0.25, -0.2) is 0 Å². The normalized spacial score (nSPS) is 19.2. The van der Waals surface area contributed by atoms with Gasteiger partial charge in [-0.1, -0.05) is 13.3 Å². The zero-order chi connectivity index (χ0) is 21.2. The standard InChI is InChI=1S/C24H37N3O3/c1-4-5-14-27(2)18-20-17-25-26-24(20)19-6-8-22(9-7-19)29-15-16-30-23-12-10-21(28-3)11-13-23/h10-13,17,19,22H,4-9,14-16,18H2,1-3H3,(H,25,26). The lowest BCUT2D eigenvalue weighted by Crippen LogP contribution is -2.24. The van der Waals surface area contributed by atoms with E-state index < -0.39 is 0 Å². The fourth-order valence-corrected chi connectivity index (χ4v) is 4.16. The topological polar surface area (TPSA) is 59.6 Å². The van der Waals surface area contributed by atoms with E-state index in [9.17, 15) is 0 Å². The highest BCUT2D eigenvalue weighted by atomic mass is 16.5. The SMILES string of the molecule is CCCCN(C)Cc1cn[nH]c1C1CCC(OCCOc2ccc(OC)cc2)CC1. The zero-order valence-corrected chi connectivity index (χ0v) is 18.7. The summed E-state index contributed by atoms with van der Waals surface area (Å²) in [6.07, 6.45) is 9.31. The minimum atomic E-state index is 0.333. The monoisotopic (exact) mass is 415 g/mol. The van der Waals surface area contributed by atoms with E-state index in [1.54, 1.807) is 7.11 Å². The van der Waals surface area contributed by atoms with Crippen molar-refractivity contribution < 1.29 is 14.2 Å². The van der Waals surface area contributed by atoms with Gasteiger partial charge in [0, 0.05) is 23.7 Å². The van der Waals surface area contributed by atoms with Crippen LogP contribution < -0.4 is 9.47 Å². The lowest BCUT2D eigenvalue weighted by Gasteiger charge is -2.29. The first kappa shape index (κ1) is 22.6. The average molecular weight is 416 g/mol. The van der Waals surface area contributed by atoms with Gasteiger partial charge in [-0.05, 0) is 70.0 Å². The average Bonchev–Trinajstić information content (AvgIpc) is 3.24. The smallest absolute Gasteiger partial charge is 0.119 e. The molecule has 1 aliphatic rings. The van der Waals surface area contributed by atoms with Crippen LogP contribution in [0.15, 0.2) is 30.5 Å². The van der Waals surface area contributed by atoms with E-state index in [2.05, 4.69) is 29.1 Å². The minimum Gasteiger partial charge on any atom is -0.497 e. The van der Waals surface area contributed by atoms with Gasteiger partial charge in [-0.2, -0.15) is 5.10 Å². The van der Waals surface area contributed by atoms with E-state index in [1.807, 2.05) is 30.5 Å². The van der Waals surface area contributed by atoms with E-state index in [4.69, 9.17) is 14.2 Å². The number of rotatable bonds is 12. The highest BCUT2D eigenvalue weighted by Crippen LogP contribution is 2.34. The summed E-state index contributed by atoms with van der Waals surface area (Å²) in [7, 11) is 3.86. The van der Waals surface area contributed by atoms with Crippen molar-refractivity contribution in [3.63, 3.8) is 0 Å². The number of H-pyrrole nitrogens is 1. The highest BCUT2D eigenvalue weighted by Gasteiger charge is 2.25. The molecule has 1 N–H and O–H groups in total. The Balaban J connectivity index is 1.36. The van der Waals surface area contributed by atoms with Gasteiger partial charge in [-0.15, -0.1) is 0 Å². The van der Waals surface area contributed by atoms with E-state index >= 15 is 0 Å². The summed E-state index contributed by atoms with van der Waals surface area (Å²) in [6.45, 7) is 5.55. The molecule has 0 unspecified atom stereocenters. The predicted molar refractivity (Wildman–Crippen MR) is 119 cm³/mol. The number of aromatic nitrogens is 2. The molecule has 1 aromatic heterocycles. The van der Waals surface area contributed by atoms with Crippen LogP contribution in [0.25, 0.3) is 0 Å². The molecule has 0 atom stereocenters. The van der Waals surface area contributed by atoms with E-state index in [-0.39, 0.29) is 0 Å². The summed E-state index contributed by atoms with van der Waals surface area (Å²) < 4.78 is 17.0. The predicted octanol–water partition coefficient (Wildman–Crippen LogP) is 4.77. The maximum atomic E-state index is 6.07. The van der Waals surface area contributed by atoms with Gasteiger partial charge in [0.25, 0.3) is 0 Å². The fourth-order valence-electron chi connectivity index (χ4n) is 4.16. The summed E-state index contributed by atoms with van der Waals surface area (Å²) in [6, 6.07) is 7.66. The van der Waals surface area contributed by atoms with E-state index in [0.29, 0.717) is 25.2 Å². The van der Waals surface area contributed by atoms with Gasteiger partial charge in [0.15, 0.2) is 0 Å². The molecule has 0 radical (unpaired) electrons. The lowest BCUT2D eigenvalue weighted by atomic mass is 9.84. The van der Waals surface area contributed by atoms with Crippen LogP contribution in [0.4, 0.5) is 0 Å². The summed E-state index contributed by atoms with van der Waals surface area (Å²) in [5.41, 5.74) is 2.69. The molecule has 0 bridgehead atoms. The Morgan fingerprint density at radius 1 is 1.07 bits per heavy atom. The van der Waals surface area contributed by atoms with Crippen molar-refractivity contribution >= 4 is 0 Å². The second-order valence-corrected chi connectivity index (χ2v) is 8.27. The maximum Gasteiger partial charge on any atom is 0.119 e. The molecule has 1 fully saturated rings. The first-order valence-electron chi connectivity index (χ1n) is 11.3. The molecule has 2 aromatic rings. The molecule has 0 spiro atoms. The van der Waals surface area contributed by atoms with E-state index in [1.165, 1.54) is 24.1 Å². The molecule has 0 amide bonds. The highest BCUT2D eigenvalue weighted by molar-refractivity contribution is 5.31. The first-order chi connectivity index (χ1) is 14.7. The van der Waals surface area contributed by atoms with Crippen molar-refractivity contribution in [1.29, 1.82) is 0 Å². The third kappa shape index (κ3) is 6.74. The van der Waals surface area contributed by atoms with Crippen LogP contribution in [-0.4, -0.2) is 55.1 Å². The molecule has 6 nitrogen and oxygen atoms in total. The Morgan fingerprint density at radius 3 is 2.50 bits per heavy atom. The number of hydrogen-bond donors (Lipinski definition) is 1. The zero-order valence-electron chi connectivity index (χ0n) is 18.7. The van der Waals surface area contributed by atoms with Gasteiger partial charge in [0.1, 0.15) is 18.1 Å². The number of ether oxygens (including phenoxy) is 3. The Labute approximate surface area is 180 Å². The summed E-state index contributed by atoms with van der Waals surface area (Å²) in [4.78, 5) is 2.40. The van der Waals surface area contributed by atoms with E-state index in [0.717, 1.165) is 50.3 Å². The fraction of sp³-hybridized carbons (Fsp3) is 0.625. The van der Waals surface area contributed by atoms with Crippen LogP contribution in [0.1, 0.15) is 62.6 Å². The Kier molecular flexibility index (Phi) is 9.02. The lowest BCUT2D eigenvalue weighted by molar-refractivity contribution is 0.00949. The van der Waals surface area contributed by atoms with Gasteiger partial charge in [0.2, 0.25) is 0 Å². The van der Waals surface area contributed by atoms with Crippen LogP contribution in [0, 0.1) is 0 Å². The molecule has 1 aliphatic carbocycles. The first-order valence-corrected chi connectivity index (χ1v) is 11.3. The second kappa shape index (κ2) is 12.0. The number of nitrogens with one attached hydrogen (secondary N) is 1. The molecule has 166 valence electrons. The number of methoxy groups -OCH3 is 1. The maximum absolute atomic E-state index is 6.07. The molecular formula is C24H37N3O3. The molecular weight excluding hydrogens is 378 g/mol. The van der Waals surface area contributed by atoms with Crippen LogP contribution in [0.5, 0.6) is 11.5 Å². The summed E-state index contributed by atoms with van der Waals surface area (Å²) in [5, 5.41) is 7.63. The number of benzene rings is 1. The van der Waals surface area contributed by atoms with Crippen LogP contribution >= 0.6 is 0 Å². The van der Waals surface area contributed by atoms with Crippen molar-refractivity contribution in [2.24, 2.45) is 0 Å². The number of aromatic amines is 1. The van der Waals surface area contributed by atoms with Crippen molar-refractivity contribution in [3.05, 3.63) is 41.7 Å². The number of nitrogens with zero attached hydrogens (tertiary/aromatic N) is 2. The van der Waals surface area contributed by atoms with Crippen molar-refractivity contribution in [2.45, 2.75) is 64.0 Å². The Hall–Kier alpha value is -2.05. The third-order valence-corrected chi connectivity index (χ3v) is 5.93. The van der Waals surface area contributed by atoms with Crippen LogP contribution in [0.3, 0.4) is 0 Å². The van der Waals surface area contributed by atoms with Crippen molar-refractivity contribution in [2.75, 3.05) is 33.9 Å². The molecule has 1 aromatic carbocycles. The Morgan fingerprint density at radius 2 is 1.80 bits per heavy atom. The summed E-state index contributed by atoms with van der Waals surface area (Å²) >= 11 is 0. The van der Waals surface area contributed by atoms with Gasteiger partial charge in [0.05, 0.1) is 26.0 Å². The number of hydrogen-bond acceptors (Lipinski definition) is 5. The molecule has 3 rings (SSSR count). The molecule has 0 saturated heterocycles. The summed E-state index contributed by atoms with van der Waals surface area (Å²) in [5.74, 6) is 2.25. The van der Waals surface area contributed by atoms with Crippen molar-refractivity contribution in [1.82, 2.24) is 15.1 Å². The molecule has 1 saturated carbocycles. The van der Waals surface area contributed by atoms with Crippen LogP contribution in [0.2, 0.25) is 0 Å². The minimum absolute atomic E-state index is 0.333. The van der Waals surface area contributed by atoms with Gasteiger partial charge >= 0.3 is 0 Å². The second-order valence-electron chi connectivity index (χ2n) is 8.27. The Bertz CT molecular complexity index is 724. The number of unbranched alkanes of at least 4 members (excludes halogenated alkanes) is 1. The van der Waals surface area contributed by atoms with Gasteiger partial charge < -0.3 is 19.1 Å². The molecule has 6 heteroatoms. The van der Waals surface area contributed by atoms with Crippen LogP contribution in [-0.2, 0) is 11.3 Å². The molecule has 30 heavy (non-hydrogen) atoms. The quantitative estimate of drug-likeness (QED) is 0.506. The third-order valence-electron chi connectivity index (χ3n) is 5.93. The largest absolute Gasteiger partial charge is 0.497 e. The van der Waals surface area contributed by atoms with Gasteiger partial charge in [-0.3, -0.25) is 5.10 Å².